The lowest BCUT2D eigenvalue weighted by Gasteiger charge is -2.30. The number of furan rings is 1. The third-order valence-electron chi connectivity index (χ3n) is 9.66. The van der Waals surface area contributed by atoms with Crippen molar-refractivity contribution in [1.82, 2.24) is 0 Å². The van der Waals surface area contributed by atoms with Gasteiger partial charge in [-0.2, -0.15) is 0 Å². The molecule has 2 heterocycles. The van der Waals surface area contributed by atoms with E-state index in [2.05, 4.69) is 159 Å². The average Bonchev–Trinajstić information content (AvgIpc) is 3.51. The molecule has 8 aromatic rings. The summed E-state index contributed by atoms with van der Waals surface area (Å²) >= 11 is 0. The van der Waals surface area contributed by atoms with Gasteiger partial charge >= 0.3 is 0 Å². The number of hydrogen-bond donors (Lipinski definition) is 0. The van der Waals surface area contributed by atoms with Crippen LogP contribution in [0.15, 0.2) is 166 Å². The Hall–Kier alpha value is -5.80. The molecular formula is C44H32N2O. The molecule has 0 saturated carbocycles. The minimum Gasteiger partial charge on any atom is -0.456 e. The van der Waals surface area contributed by atoms with Gasteiger partial charge in [-0.05, 0) is 86.6 Å². The number of rotatable bonds is 5. The molecule has 0 N–H and O–H groups in total. The van der Waals surface area contributed by atoms with Crippen molar-refractivity contribution >= 4 is 55.0 Å². The molecule has 0 spiro atoms. The molecule has 1 aliphatic rings. The van der Waals surface area contributed by atoms with Crippen LogP contribution in [0.3, 0.4) is 0 Å². The summed E-state index contributed by atoms with van der Waals surface area (Å²) in [6.45, 7) is 2.24. The maximum absolute atomic E-state index is 6.54. The number of fused-ring (bicyclic) bond motifs is 5. The number of benzene rings is 7. The van der Waals surface area contributed by atoms with Gasteiger partial charge in [0.25, 0.3) is 0 Å². The summed E-state index contributed by atoms with van der Waals surface area (Å²) in [7, 11) is 0. The monoisotopic (exact) mass is 604 g/mol. The standard InChI is InChI=1S/C44H32N2O/c1-2-37-42(30-12-4-3-5-13-30)45-44(46-43(37)35-19-17-29-11-7-9-15-32(29)25-35)36-21-23-39-38-22-20-34(26-40(38)47-41(39)27-36)33-18-16-28-10-6-8-14-31(28)24-33/h3-27,37,43H,2H2,1H3. The first-order chi connectivity index (χ1) is 23.2. The van der Waals surface area contributed by atoms with Crippen molar-refractivity contribution in [3.05, 3.63) is 168 Å². The van der Waals surface area contributed by atoms with Gasteiger partial charge < -0.3 is 4.42 Å². The summed E-state index contributed by atoms with van der Waals surface area (Å²) in [5.74, 6) is 0.900. The van der Waals surface area contributed by atoms with Crippen molar-refractivity contribution in [2.45, 2.75) is 19.4 Å². The van der Waals surface area contributed by atoms with Gasteiger partial charge in [-0.3, -0.25) is 4.99 Å². The molecule has 7 aromatic carbocycles. The number of aliphatic imine (C=N–C) groups is 2. The number of hydrogen-bond acceptors (Lipinski definition) is 3. The molecule has 0 bridgehead atoms. The number of amidine groups is 1. The topological polar surface area (TPSA) is 37.9 Å². The molecule has 0 radical (unpaired) electrons. The second kappa shape index (κ2) is 11.2. The highest BCUT2D eigenvalue weighted by Gasteiger charge is 2.32. The lowest BCUT2D eigenvalue weighted by atomic mass is 9.82. The second-order valence-electron chi connectivity index (χ2n) is 12.5. The summed E-state index contributed by atoms with van der Waals surface area (Å²) < 4.78 is 6.54. The zero-order chi connectivity index (χ0) is 31.3. The van der Waals surface area contributed by atoms with Crippen molar-refractivity contribution in [3.63, 3.8) is 0 Å². The van der Waals surface area contributed by atoms with Crippen molar-refractivity contribution in [2.24, 2.45) is 15.9 Å². The first kappa shape index (κ1) is 27.5. The average molecular weight is 605 g/mol. The van der Waals surface area contributed by atoms with Gasteiger partial charge in [0, 0.05) is 22.3 Å². The molecule has 3 nitrogen and oxygen atoms in total. The fourth-order valence-corrected chi connectivity index (χ4v) is 7.20. The van der Waals surface area contributed by atoms with E-state index in [1.165, 1.54) is 32.7 Å². The van der Waals surface area contributed by atoms with E-state index in [-0.39, 0.29) is 12.0 Å². The fraction of sp³-hybridized carbons (Fsp3) is 0.0909. The lowest BCUT2D eigenvalue weighted by Crippen LogP contribution is -2.28. The van der Waals surface area contributed by atoms with Crippen LogP contribution >= 0.6 is 0 Å². The maximum atomic E-state index is 6.54. The molecule has 0 aliphatic carbocycles. The Balaban J connectivity index is 1.15. The fourth-order valence-electron chi connectivity index (χ4n) is 7.20. The van der Waals surface area contributed by atoms with Gasteiger partial charge in [0.05, 0.1) is 11.8 Å². The van der Waals surface area contributed by atoms with E-state index in [0.29, 0.717) is 0 Å². The second-order valence-corrected chi connectivity index (χ2v) is 12.5. The van der Waals surface area contributed by atoms with E-state index < -0.39 is 0 Å². The Labute approximate surface area is 273 Å². The predicted octanol–water partition coefficient (Wildman–Crippen LogP) is 11.6. The highest BCUT2D eigenvalue weighted by atomic mass is 16.3. The van der Waals surface area contributed by atoms with E-state index in [9.17, 15) is 0 Å². The molecule has 9 rings (SSSR count). The lowest BCUT2D eigenvalue weighted by molar-refractivity contribution is 0.533. The normalized spacial score (nSPS) is 16.5. The van der Waals surface area contributed by atoms with Gasteiger partial charge in [0.2, 0.25) is 0 Å². The molecule has 1 aromatic heterocycles. The smallest absolute Gasteiger partial charge is 0.155 e. The highest BCUT2D eigenvalue weighted by molar-refractivity contribution is 6.16. The quantitative estimate of drug-likeness (QED) is 0.193. The molecule has 2 unspecified atom stereocenters. The number of nitrogens with zero attached hydrogens (tertiary/aromatic N) is 2. The van der Waals surface area contributed by atoms with Gasteiger partial charge in [-0.15, -0.1) is 0 Å². The zero-order valence-corrected chi connectivity index (χ0v) is 26.1. The van der Waals surface area contributed by atoms with Crippen LogP contribution in [0.5, 0.6) is 0 Å². The van der Waals surface area contributed by atoms with E-state index in [4.69, 9.17) is 14.4 Å². The SMILES string of the molecule is CCC1C(c2ccccc2)=NC(c2ccc3c(c2)oc2cc(-c4ccc5ccccc5c4)ccc23)=NC1c1ccc2ccccc2c1. The Morgan fingerprint density at radius 3 is 1.81 bits per heavy atom. The third-order valence-corrected chi connectivity index (χ3v) is 9.66. The van der Waals surface area contributed by atoms with Crippen LogP contribution in [-0.4, -0.2) is 11.5 Å². The molecule has 47 heavy (non-hydrogen) atoms. The minimum atomic E-state index is -0.0526. The van der Waals surface area contributed by atoms with Crippen LogP contribution in [0.25, 0.3) is 54.6 Å². The van der Waals surface area contributed by atoms with Crippen LogP contribution in [0, 0.1) is 5.92 Å². The Morgan fingerprint density at radius 2 is 1.09 bits per heavy atom. The highest BCUT2D eigenvalue weighted by Crippen LogP contribution is 2.38. The minimum absolute atomic E-state index is 0.0526. The van der Waals surface area contributed by atoms with Crippen LogP contribution in [0.2, 0.25) is 0 Å². The largest absolute Gasteiger partial charge is 0.456 e. The molecule has 0 saturated heterocycles. The predicted molar refractivity (Wildman–Crippen MR) is 197 cm³/mol. The Kier molecular flexibility index (Phi) is 6.57. The first-order valence-electron chi connectivity index (χ1n) is 16.4. The summed E-state index contributed by atoms with van der Waals surface area (Å²) in [4.78, 5) is 10.7. The molecule has 3 heteroatoms. The van der Waals surface area contributed by atoms with Crippen LogP contribution < -0.4 is 0 Å². The molecule has 1 aliphatic heterocycles. The van der Waals surface area contributed by atoms with E-state index in [1.54, 1.807) is 0 Å². The third kappa shape index (κ3) is 4.83. The van der Waals surface area contributed by atoms with Gasteiger partial charge in [0.15, 0.2) is 5.84 Å². The zero-order valence-electron chi connectivity index (χ0n) is 26.1. The summed E-state index contributed by atoms with van der Waals surface area (Å²) in [6.07, 6.45) is 0.935. The Bertz CT molecular complexity index is 2520. The Morgan fingerprint density at radius 1 is 0.511 bits per heavy atom. The van der Waals surface area contributed by atoms with Gasteiger partial charge in [-0.25, -0.2) is 4.99 Å². The van der Waals surface area contributed by atoms with E-state index >= 15 is 0 Å². The van der Waals surface area contributed by atoms with Crippen molar-refractivity contribution < 1.29 is 4.42 Å². The van der Waals surface area contributed by atoms with Crippen molar-refractivity contribution in [2.75, 3.05) is 0 Å². The summed E-state index contributed by atoms with van der Waals surface area (Å²) in [6, 6.07) is 53.8. The van der Waals surface area contributed by atoms with Crippen LogP contribution in [0.1, 0.15) is 36.1 Å². The molecular weight excluding hydrogens is 572 g/mol. The van der Waals surface area contributed by atoms with E-state index in [1.807, 2.05) is 0 Å². The van der Waals surface area contributed by atoms with Crippen LogP contribution in [0.4, 0.5) is 0 Å². The summed E-state index contributed by atoms with van der Waals surface area (Å²) in [5.41, 5.74) is 8.43. The van der Waals surface area contributed by atoms with Crippen LogP contribution in [-0.2, 0) is 0 Å². The van der Waals surface area contributed by atoms with E-state index in [0.717, 1.165) is 56.6 Å². The summed E-state index contributed by atoms with van der Waals surface area (Å²) in [5, 5.41) is 7.14. The molecule has 2 atom stereocenters. The molecule has 0 fully saturated rings. The van der Waals surface area contributed by atoms with Gasteiger partial charge in [0.1, 0.15) is 11.2 Å². The first-order valence-corrected chi connectivity index (χ1v) is 16.4. The molecule has 0 amide bonds. The van der Waals surface area contributed by atoms with Gasteiger partial charge in [-0.1, -0.05) is 122 Å². The maximum Gasteiger partial charge on any atom is 0.155 e. The van der Waals surface area contributed by atoms with Crippen molar-refractivity contribution in [1.29, 1.82) is 0 Å². The van der Waals surface area contributed by atoms with Crippen molar-refractivity contribution in [3.8, 4) is 11.1 Å². The molecule has 224 valence electrons.